The van der Waals surface area contributed by atoms with Crippen molar-refractivity contribution in [1.82, 2.24) is 10.2 Å². The summed E-state index contributed by atoms with van der Waals surface area (Å²) in [6.45, 7) is 5.14. The number of nitrogens with one attached hydrogen (secondary N) is 1. The fourth-order valence-corrected chi connectivity index (χ4v) is 1.68. The van der Waals surface area contributed by atoms with Crippen molar-refractivity contribution in [3.05, 3.63) is 0 Å². The average molecular weight is 274 g/mol. The van der Waals surface area contributed by atoms with E-state index in [0.717, 1.165) is 0 Å². The molecule has 0 atom stereocenters. The number of aliphatic hydroxyl groups is 2. The van der Waals surface area contributed by atoms with Crippen LogP contribution in [0.3, 0.4) is 0 Å². The summed E-state index contributed by atoms with van der Waals surface area (Å²) in [4.78, 5) is 24.7. The fourth-order valence-electron chi connectivity index (χ4n) is 1.68. The second-order valence-corrected chi connectivity index (χ2v) is 5.32. The van der Waals surface area contributed by atoms with Crippen LogP contribution in [-0.2, 0) is 14.3 Å². The van der Waals surface area contributed by atoms with Crippen molar-refractivity contribution >= 4 is 11.8 Å². The second kappa shape index (κ2) is 6.83. The van der Waals surface area contributed by atoms with Gasteiger partial charge in [-0.1, -0.05) is 13.8 Å². The van der Waals surface area contributed by atoms with Crippen molar-refractivity contribution in [2.45, 2.75) is 26.6 Å². The molecule has 1 saturated heterocycles. The number of amides is 2. The van der Waals surface area contributed by atoms with Gasteiger partial charge in [-0.25, -0.2) is 0 Å². The molecule has 0 aromatic rings. The van der Waals surface area contributed by atoms with Crippen LogP contribution in [0.1, 0.15) is 20.3 Å². The van der Waals surface area contributed by atoms with Crippen LogP contribution in [0.4, 0.5) is 0 Å². The van der Waals surface area contributed by atoms with Crippen LogP contribution in [0, 0.1) is 5.41 Å². The normalized spacial score (nSPS) is 16.9. The second-order valence-electron chi connectivity index (χ2n) is 5.32. The van der Waals surface area contributed by atoms with Crippen LogP contribution >= 0.6 is 0 Å². The minimum Gasteiger partial charge on any atom is -0.370 e. The van der Waals surface area contributed by atoms with E-state index in [9.17, 15) is 9.59 Å². The van der Waals surface area contributed by atoms with Crippen molar-refractivity contribution in [3.8, 4) is 0 Å². The van der Waals surface area contributed by atoms with Gasteiger partial charge >= 0.3 is 0 Å². The molecule has 0 spiro atoms. The number of nitrogens with zero attached hydrogens (tertiary/aromatic N) is 1. The molecule has 2 amide bonds. The molecule has 1 aliphatic heterocycles. The lowest BCUT2D eigenvalue weighted by Crippen LogP contribution is -2.45. The molecule has 0 aromatic carbocycles. The number of aliphatic hydroxyl groups excluding tert-OH is 1. The zero-order valence-electron chi connectivity index (χ0n) is 11.4. The molecule has 0 saturated carbocycles. The fraction of sp³-hybridized carbons (Fsp3) is 0.833. The van der Waals surface area contributed by atoms with Crippen molar-refractivity contribution in [3.63, 3.8) is 0 Å². The predicted molar refractivity (Wildman–Crippen MR) is 67.0 cm³/mol. The van der Waals surface area contributed by atoms with E-state index in [1.807, 2.05) is 0 Å². The Labute approximate surface area is 112 Å². The Morgan fingerprint density at radius 1 is 1.53 bits per heavy atom. The first-order chi connectivity index (χ1) is 8.83. The topological polar surface area (TPSA) is 99.1 Å². The quantitative estimate of drug-likeness (QED) is 0.522. The molecule has 1 fully saturated rings. The smallest absolute Gasteiger partial charge is 0.248 e. The first kappa shape index (κ1) is 15.9. The molecule has 110 valence electrons. The van der Waals surface area contributed by atoms with E-state index in [1.54, 1.807) is 18.7 Å². The van der Waals surface area contributed by atoms with E-state index < -0.39 is 11.7 Å². The van der Waals surface area contributed by atoms with Gasteiger partial charge in [-0.05, 0) is 0 Å². The molecule has 1 heterocycles. The Balaban J connectivity index is 2.25. The van der Waals surface area contributed by atoms with Gasteiger partial charge in [0, 0.05) is 31.5 Å². The minimum absolute atomic E-state index is 0.0156. The molecule has 3 N–H and O–H groups in total. The van der Waals surface area contributed by atoms with Crippen LogP contribution in [0.2, 0.25) is 0 Å². The number of morpholine rings is 1. The first-order valence-corrected chi connectivity index (χ1v) is 6.31. The zero-order valence-corrected chi connectivity index (χ0v) is 11.4. The molecule has 1 rings (SSSR count). The van der Waals surface area contributed by atoms with Gasteiger partial charge < -0.3 is 25.2 Å². The van der Waals surface area contributed by atoms with Crippen LogP contribution < -0.4 is 5.32 Å². The molecule has 1 aliphatic rings. The highest BCUT2D eigenvalue weighted by Crippen LogP contribution is 2.23. The van der Waals surface area contributed by atoms with Gasteiger partial charge in [0.1, 0.15) is 6.61 Å². The van der Waals surface area contributed by atoms with Crippen LogP contribution in [-0.4, -0.2) is 66.1 Å². The summed E-state index contributed by atoms with van der Waals surface area (Å²) in [5.74, 6) is -0.342. The van der Waals surface area contributed by atoms with Gasteiger partial charge in [-0.3, -0.25) is 9.59 Å². The summed E-state index contributed by atoms with van der Waals surface area (Å²) < 4.78 is 5.00. The number of carbonyl (C=O) groups excluding carboxylic acids is 2. The van der Waals surface area contributed by atoms with Crippen LogP contribution in [0.15, 0.2) is 0 Å². The number of rotatable bonds is 6. The zero-order chi connectivity index (χ0) is 14.5. The number of carbonyl (C=O) groups is 2. The maximum atomic E-state index is 11.6. The molecule has 7 heteroatoms. The third-order valence-corrected chi connectivity index (χ3v) is 3.10. The van der Waals surface area contributed by atoms with Crippen molar-refractivity contribution in [1.29, 1.82) is 0 Å². The van der Waals surface area contributed by atoms with Gasteiger partial charge in [0.05, 0.1) is 6.61 Å². The first-order valence-electron chi connectivity index (χ1n) is 6.31. The molecule has 19 heavy (non-hydrogen) atoms. The van der Waals surface area contributed by atoms with E-state index in [2.05, 4.69) is 5.32 Å². The Morgan fingerprint density at radius 2 is 2.21 bits per heavy atom. The standard InChI is InChI=1S/C12H22N2O5/c1-12(2,11(17)18)7-9(15)13-3-4-14-5-6-19-8-10(14)16/h11,17-18H,3-8H2,1-2H3,(H,13,15). The summed E-state index contributed by atoms with van der Waals surface area (Å²) in [7, 11) is 0. The van der Waals surface area contributed by atoms with Gasteiger partial charge in [-0.15, -0.1) is 0 Å². The van der Waals surface area contributed by atoms with E-state index in [1.165, 1.54) is 0 Å². The van der Waals surface area contributed by atoms with Crippen molar-refractivity contribution < 1.29 is 24.5 Å². The Morgan fingerprint density at radius 3 is 2.79 bits per heavy atom. The largest absolute Gasteiger partial charge is 0.370 e. The van der Waals surface area contributed by atoms with Crippen molar-refractivity contribution in [2.24, 2.45) is 5.41 Å². The molecule has 7 nitrogen and oxygen atoms in total. The number of hydrogen-bond acceptors (Lipinski definition) is 5. The number of ether oxygens (including phenoxy) is 1. The van der Waals surface area contributed by atoms with Crippen LogP contribution in [0.5, 0.6) is 0 Å². The number of hydrogen-bond donors (Lipinski definition) is 3. The SMILES string of the molecule is CC(C)(CC(=O)NCCN1CCOCC1=O)C(O)O. The lowest BCUT2D eigenvalue weighted by atomic mass is 9.88. The van der Waals surface area contributed by atoms with Gasteiger partial charge in [0.15, 0.2) is 6.29 Å². The summed E-state index contributed by atoms with van der Waals surface area (Å²) in [6.07, 6.45) is -1.53. The van der Waals surface area contributed by atoms with Gasteiger partial charge in [0.2, 0.25) is 11.8 Å². The summed E-state index contributed by atoms with van der Waals surface area (Å²) in [5, 5.41) is 20.9. The summed E-state index contributed by atoms with van der Waals surface area (Å²) in [6, 6.07) is 0. The lowest BCUT2D eigenvalue weighted by molar-refractivity contribution is -0.144. The summed E-state index contributed by atoms with van der Waals surface area (Å²) in [5.41, 5.74) is -0.890. The van der Waals surface area contributed by atoms with E-state index >= 15 is 0 Å². The van der Waals surface area contributed by atoms with E-state index in [4.69, 9.17) is 14.9 Å². The Hall–Kier alpha value is -1.18. The Kier molecular flexibility index (Phi) is 5.71. The van der Waals surface area contributed by atoms with E-state index in [-0.39, 0.29) is 24.8 Å². The monoisotopic (exact) mass is 274 g/mol. The molecule has 0 unspecified atom stereocenters. The highest BCUT2D eigenvalue weighted by atomic mass is 16.5. The highest BCUT2D eigenvalue weighted by Gasteiger charge is 2.29. The average Bonchev–Trinajstić information content (AvgIpc) is 2.30. The Bertz CT molecular complexity index is 330. The van der Waals surface area contributed by atoms with Gasteiger partial charge in [-0.2, -0.15) is 0 Å². The molecule has 0 radical (unpaired) electrons. The van der Waals surface area contributed by atoms with Crippen molar-refractivity contribution in [2.75, 3.05) is 32.8 Å². The summed E-state index contributed by atoms with van der Waals surface area (Å²) >= 11 is 0. The van der Waals surface area contributed by atoms with Crippen LogP contribution in [0.25, 0.3) is 0 Å². The maximum absolute atomic E-state index is 11.6. The molecule has 0 bridgehead atoms. The van der Waals surface area contributed by atoms with Gasteiger partial charge in [0.25, 0.3) is 0 Å². The molecular weight excluding hydrogens is 252 g/mol. The molecular formula is C12H22N2O5. The lowest BCUT2D eigenvalue weighted by Gasteiger charge is -2.28. The molecule has 0 aromatic heterocycles. The van der Waals surface area contributed by atoms with E-state index in [0.29, 0.717) is 26.2 Å². The third kappa shape index (κ3) is 5.14. The highest BCUT2D eigenvalue weighted by molar-refractivity contribution is 5.78. The third-order valence-electron chi connectivity index (χ3n) is 3.10. The predicted octanol–water partition coefficient (Wildman–Crippen LogP) is -1.31. The minimum atomic E-state index is -1.54. The molecule has 0 aliphatic carbocycles. The maximum Gasteiger partial charge on any atom is 0.248 e.